The van der Waals surface area contributed by atoms with E-state index in [1.165, 1.54) is 19.2 Å². The number of benzene rings is 2. The summed E-state index contributed by atoms with van der Waals surface area (Å²) in [6.07, 6.45) is 0.594. The van der Waals surface area contributed by atoms with Gasteiger partial charge in [0.15, 0.2) is 6.29 Å². The standard InChI is InChI=1S/C16H13ClN2O3/c1-19(16(22)12-7-3-2-6-11(12)10-20)18-15(21)13-8-4-5-9-14(13)17/h2-10H,1H3,(H,18,21). The first-order chi connectivity index (χ1) is 10.5. The molecule has 0 bridgehead atoms. The lowest BCUT2D eigenvalue weighted by atomic mass is 10.1. The molecule has 1 N–H and O–H groups in total. The molecule has 0 aliphatic carbocycles. The molecule has 22 heavy (non-hydrogen) atoms. The van der Waals surface area contributed by atoms with Crippen molar-refractivity contribution in [2.45, 2.75) is 0 Å². The first-order valence-corrected chi connectivity index (χ1v) is 6.80. The zero-order chi connectivity index (χ0) is 16.1. The molecule has 2 rings (SSSR count). The number of amides is 2. The summed E-state index contributed by atoms with van der Waals surface area (Å²) in [5.74, 6) is -1.01. The second-order valence-electron chi connectivity index (χ2n) is 4.49. The predicted molar refractivity (Wildman–Crippen MR) is 82.8 cm³/mol. The topological polar surface area (TPSA) is 66.5 Å². The minimum Gasteiger partial charge on any atom is -0.298 e. The summed E-state index contributed by atoms with van der Waals surface area (Å²) in [7, 11) is 1.40. The van der Waals surface area contributed by atoms with Crippen molar-refractivity contribution in [2.75, 3.05) is 7.05 Å². The lowest BCUT2D eigenvalue weighted by Crippen LogP contribution is -2.43. The van der Waals surface area contributed by atoms with Gasteiger partial charge in [0.1, 0.15) is 0 Å². The van der Waals surface area contributed by atoms with Crippen molar-refractivity contribution in [2.24, 2.45) is 0 Å². The van der Waals surface area contributed by atoms with Gasteiger partial charge in [-0.15, -0.1) is 0 Å². The molecule has 0 atom stereocenters. The monoisotopic (exact) mass is 316 g/mol. The van der Waals surface area contributed by atoms with Gasteiger partial charge in [-0.3, -0.25) is 24.8 Å². The van der Waals surface area contributed by atoms with E-state index in [0.717, 1.165) is 5.01 Å². The van der Waals surface area contributed by atoms with Gasteiger partial charge in [-0.1, -0.05) is 41.9 Å². The third-order valence-electron chi connectivity index (χ3n) is 3.01. The van der Waals surface area contributed by atoms with Gasteiger partial charge in [-0.25, -0.2) is 0 Å². The maximum Gasteiger partial charge on any atom is 0.272 e. The zero-order valence-corrected chi connectivity index (χ0v) is 12.5. The first-order valence-electron chi connectivity index (χ1n) is 6.42. The second-order valence-corrected chi connectivity index (χ2v) is 4.90. The van der Waals surface area contributed by atoms with E-state index in [4.69, 9.17) is 11.6 Å². The highest BCUT2D eigenvalue weighted by atomic mass is 35.5. The van der Waals surface area contributed by atoms with Gasteiger partial charge in [-0.2, -0.15) is 0 Å². The Morgan fingerprint density at radius 1 is 1.05 bits per heavy atom. The van der Waals surface area contributed by atoms with Crippen LogP contribution in [0.3, 0.4) is 0 Å². The number of rotatable bonds is 3. The maximum absolute atomic E-state index is 12.3. The predicted octanol–water partition coefficient (Wildman–Crippen LogP) is 2.57. The Hall–Kier alpha value is -2.66. The van der Waals surface area contributed by atoms with Crippen LogP contribution in [-0.4, -0.2) is 30.2 Å². The molecule has 2 amide bonds. The van der Waals surface area contributed by atoms with Gasteiger partial charge >= 0.3 is 0 Å². The Balaban J connectivity index is 2.17. The van der Waals surface area contributed by atoms with Crippen molar-refractivity contribution >= 4 is 29.7 Å². The summed E-state index contributed by atoms with van der Waals surface area (Å²) in [6.45, 7) is 0. The van der Waals surface area contributed by atoms with Gasteiger partial charge in [0.25, 0.3) is 11.8 Å². The molecule has 2 aromatic rings. The van der Waals surface area contributed by atoms with E-state index in [1.54, 1.807) is 36.4 Å². The number of carbonyl (C=O) groups excluding carboxylic acids is 3. The van der Waals surface area contributed by atoms with Crippen molar-refractivity contribution in [1.29, 1.82) is 0 Å². The zero-order valence-electron chi connectivity index (χ0n) is 11.7. The molecule has 0 saturated carbocycles. The summed E-state index contributed by atoms with van der Waals surface area (Å²) in [4.78, 5) is 35.4. The quantitative estimate of drug-likeness (QED) is 0.699. The third-order valence-corrected chi connectivity index (χ3v) is 3.34. The third kappa shape index (κ3) is 3.32. The number of hydrogen-bond donors (Lipinski definition) is 1. The summed E-state index contributed by atoms with van der Waals surface area (Å²) in [6, 6.07) is 12.9. The molecule has 0 saturated heterocycles. The van der Waals surface area contributed by atoms with Crippen LogP contribution in [0.15, 0.2) is 48.5 Å². The average molecular weight is 317 g/mol. The molecular weight excluding hydrogens is 304 g/mol. The molecule has 0 unspecified atom stereocenters. The number of hydrazine groups is 1. The summed E-state index contributed by atoms with van der Waals surface area (Å²) < 4.78 is 0. The molecule has 0 radical (unpaired) electrons. The molecular formula is C16H13ClN2O3. The number of carbonyl (C=O) groups is 3. The van der Waals surface area contributed by atoms with Crippen LogP contribution in [0.5, 0.6) is 0 Å². The van der Waals surface area contributed by atoms with Gasteiger partial charge in [0.2, 0.25) is 0 Å². The Morgan fingerprint density at radius 2 is 1.64 bits per heavy atom. The highest BCUT2D eigenvalue weighted by Crippen LogP contribution is 2.15. The van der Waals surface area contributed by atoms with Crippen molar-refractivity contribution in [3.05, 3.63) is 70.2 Å². The molecule has 0 aromatic heterocycles. The molecule has 0 spiro atoms. The number of hydrogen-bond acceptors (Lipinski definition) is 3. The van der Waals surface area contributed by atoms with Crippen LogP contribution >= 0.6 is 11.6 Å². The van der Waals surface area contributed by atoms with E-state index in [1.807, 2.05) is 0 Å². The summed E-state index contributed by atoms with van der Waals surface area (Å²) in [5.41, 5.74) is 3.15. The maximum atomic E-state index is 12.3. The van der Waals surface area contributed by atoms with Crippen LogP contribution in [0, 0.1) is 0 Å². The van der Waals surface area contributed by atoms with E-state index in [-0.39, 0.29) is 21.7 Å². The highest BCUT2D eigenvalue weighted by molar-refractivity contribution is 6.33. The summed E-state index contributed by atoms with van der Waals surface area (Å²) >= 11 is 5.94. The molecule has 0 fully saturated rings. The van der Waals surface area contributed by atoms with E-state index in [2.05, 4.69) is 5.43 Å². The fourth-order valence-corrected chi connectivity index (χ4v) is 2.11. The van der Waals surface area contributed by atoms with Crippen LogP contribution in [-0.2, 0) is 0 Å². The Kier molecular flexibility index (Phi) is 4.91. The van der Waals surface area contributed by atoms with E-state index < -0.39 is 11.8 Å². The molecule has 0 heterocycles. The van der Waals surface area contributed by atoms with Crippen LogP contribution in [0.2, 0.25) is 5.02 Å². The van der Waals surface area contributed by atoms with Crippen LogP contribution < -0.4 is 5.43 Å². The number of aldehydes is 1. The van der Waals surface area contributed by atoms with Crippen LogP contribution in [0.25, 0.3) is 0 Å². The first kappa shape index (κ1) is 15.7. The number of halogens is 1. The highest BCUT2D eigenvalue weighted by Gasteiger charge is 2.18. The molecule has 0 aliphatic heterocycles. The number of nitrogens with zero attached hydrogens (tertiary/aromatic N) is 1. The van der Waals surface area contributed by atoms with Crippen LogP contribution in [0.1, 0.15) is 31.1 Å². The SMILES string of the molecule is CN(NC(=O)c1ccccc1Cl)C(=O)c1ccccc1C=O. The molecule has 112 valence electrons. The van der Waals surface area contributed by atoms with Gasteiger partial charge in [0, 0.05) is 12.6 Å². The largest absolute Gasteiger partial charge is 0.298 e. The lowest BCUT2D eigenvalue weighted by Gasteiger charge is -2.19. The van der Waals surface area contributed by atoms with Gasteiger partial charge in [0.05, 0.1) is 16.1 Å². The molecule has 6 heteroatoms. The summed E-state index contributed by atoms with van der Waals surface area (Å²) in [5, 5.41) is 1.31. The minimum atomic E-state index is -0.509. The average Bonchev–Trinajstić information content (AvgIpc) is 2.54. The lowest BCUT2D eigenvalue weighted by molar-refractivity contribution is 0.0635. The van der Waals surface area contributed by atoms with Gasteiger partial charge in [-0.05, 0) is 18.2 Å². The fraction of sp³-hybridized carbons (Fsp3) is 0.0625. The van der Waals surface area contributed by atoms with Crippen LogP contribution in [0.4, 0.5) is 0 Å². The smallest absolute Gasteiger partial charge is 0.272 e. The Labute approximate surface area is 132 Å². The Morgan fingerprint density at radius 3 is 2.27 bits per heavy atom. The molecule has 0 aliphatic rings. The van der Waals surface area contributed by atoms with E-state index >= 15 is 0 Å². The normalized spacial score (nSPS) is 9.91. The minimum absolute atomic E-state index is 0.208. The molecule has 2 aromatic carbocycles. The fourth-order valence-electron chi connectivity index (χ4n) is 1.88. The Bertz CT molecular complexity index is 731. The van der Waals surface area contributed by atoms with Gasteiger partial charge < -0.3 is 0 Å². The van der Waals surface area contributed by atoms with Crippen molar-refractivity contribution in [3.8, 4) is 0 Å². The second kappa shape index (κ2) is 6.87. The van der Waals surface area contributed by atoms with Crippen molar-refractivity contribution in [1.82, 2.24) is 10.4 Å². The molecule has 5 nitrogen and oxygen atoms in total. The number of nitrogens with one attached hydrogen (secondary N) is 1. The van der Waals surface area contributed by atoms with E-state index in [0.29, 0.717) is 6.29 Å². The van der Waals surface area contributed by atoms with Crippen molar-refractivity contribution in [3.63, 3.8) is 0 Å². The van der Waals surface area contributed by atoms with E-state index in [9.17, 15) is 14.4 Å². The van der Waals surface area contributed by atoms with Crippen molar-refractivity contribution < 1.29 is 14.4 Å².